The maximum absolute atomic E-state index is 12.2. The van der Waals surface area contributed by atoms with E-state index in [1.54, 1.807) is 6.26 Å². The van der Waals surface area contributed by atoms with Crippen molar-refractivity contribution in [1.82, 2.24) is 4.72 Å². The Morgan fingerprint density at radius 3 is 2.85 bits per heavy atom. The second kappa shape index (κ2) is 6.62. The number of hydrogen-bond donors (Lipinski definition) is 1. The summed E-state index contributed by atoms with van der Waals surface area (Å²) in [6.45, 7) is 1.82. The van der Waals surface area contributed by atoms with Crippen LogP contribution in [-0.2, 0) is 16.4 Å². The minimum absolute atomic E-state index is 0.190. The molecule has 2 aromatic rings. The fourth-order valence-corrected chi connectivity index (χ4v) is 5.35. The van der Waals surface area contributed by atoms with E-state index in [0.717, 1.165) is 17.1 Å². The average Bonchev–Trinajstić information content (AvgIpc) is 2.97. The van der Waals surface area contributed by atoms with E-state index in [9.17, 15) is 8.42 Å². The zero-order chi connectivity index (χ0) is 14.8. The molecule has 0 aliphatic carbocycles. The lowest BCUT2D eigenvalue weighted by atomic mass is 10.2. The predicted octanol–water partition coefficient (Wildman–Crippen LogP) is 4.06. The van der Waals surface area contributed by atoms with Crippen molar-refractivity contribution in [2.75, 3.05) is 0 Å². The van der Waals surface area contributed by atoms with Crippen LogP contribution in [0.1, 0.15) is 19.1 Å². The van der Waals surface area contributed by atoms with Crippen molar-refractivity contribution < 1.29 is 12.8 Å². The van der Waals surface area contributed by atoms with Crippen molar-refractivity contribution >= 4 is 48.9 Å². The summed E-state index contributed by atoms with van der Waals surface area (Å²) in [6.07, 6.45) is 2.95. The summed E-state index contributed by atoms with van der Waals surface area (Å²) < 4.78 is 33.0. The van der Waals surface area contributed by atoms with Gasteiger partial charge in [0, 0.05) is 12.5 Å². The van der Waals surface area contributed by atoms with Crippen molar-refractivity contribution in [3.05, 3.63) is 39.0 Å². The van der Waals surface area contributed by atoms with Gasteiger partial charge in [0.15, 0.2) is 0 Å². The normalized spacial score (nSPS) is 13.6. The summed E-state index contributed by atoms with van der Waals surface area (Å²) in [6, 6.07) is 4.94. The van der Waals surface area contributed by atoms with Gasteiger partial charge in [0.25, 0.3) is 0 Å². The molecule has 0 saturated carbocycles. The lowest BCUT2D eigenvalue weighted by Crippen LogP contribution is -2.32. The smallest absolute Gasteiger partial charge is 0.250 e. The van der Waals surface area contributed by atoms with Crippen molar-refractivity contribution in [3.63, 3.8) is 0 Å². The molecule has 110 valence electrons. The van der Waals surface area contributed by atoms with E-state index in [2.05, 4.69) is 20.7 Å². The predicted molar refractivity (Wildman–Crippen MR) is 83.8 cm³/mol. The number of hydrogen-bond acceptors (Lipinski definition) is 4. The lowest BCUT2D eigenvalue weighted by Gasteiger charge is -2.12. The van der Waals surface area contributed by atoms with Gasteiger partial charge in [-0.15, -0.1) is 11.3 Å². The van der Waals surface area contributed by atoms with Gasteiger partial charge in [0.2, 0.25) is 10.0 Å². The van der Waals surface area contributed by atoms with Gasteiger partial charge in [-0.3, -0.25) is 0 Å². The third-order valence-electron chi connectivity index (χ3n) is 2.65. The Morgan fingerprint density at radius 2 is 2.30 bits per heavy atom. The number of aryl methyl sites for hydroxylation is 1. The Labute approximate surface area is 135 Å². The van der Waals surface area contributed by atoms with Gasteiger partial charge in [0.1, 0.15) is 9.97 Å². The molecule has 2 heterocycles. The van der Waals surface area contributed by atoms with Crippen molar-refractivity contribution in [2.45, 2.75) is 30.0 Å². The lowest BCUT2D eigenvalue weighted by molar-refractivity contribution is 0.480. The molecule has 8 heteroatoms. The third kappa shape index (κ3) is 4.08. The summed E-state index contributed by atoms with van der Waals surface area (Å²) in [5.41, 5.74) is 0. The molecule has 2 aromatic heterocycles. The van der Waals surface area contributed by atoms with E-state index >= 15 is 0 Å². The van der Waals surface area contributed by atoms with Crippen LogP contribution in [0.2, 0.25) is 5.02 Å². The zero-order valence-corrected chi connectivity index (χ0v) is 14.6. The maximum Gasteiger partial charge on any atom is 0.250 e. The summed E-state index contributed by atoms with van der Waals surface area (Å²) in [4.78, 5) is 0. The van der Waals surface area contributed by atoms with Gasteiger partial charge in [0.05, 0.1) is 15.1 Å². The number of nitrogens with one attached hydrogen (secondary N) is 1. The number of sulfonamides is 1. The number of halogens is 2. The first-order valence-electron chi connectivity index (χ1n) is 5.88. The van der Waals surface area contributed by atoms with Gasteiger partial charge >= 0.3 is 0 Å². The molecule has 0 aliphatic rings. The molecule has 2 rings (SSSR count). The van der Waals surface area contributed by atoms with Gasteiger partial charge in [-0.05, 0) is 47.5 Å². The summed E-state index contributed by atoms with van der Waals surface area (Å²) >= 11 is 10.2. The molecule has 0 fully saturated rings. The molecule has 0 radical (unpaired) electrons. The highest BCUT2D eigenvalue weighted by molar-refractivity contribution is 9.11. The van der Waals surface area contributed by atoms with Crippen LogP contribution in [0.3, 0.4) is 0 Å². The Balaban J connectivity index is 1.97. The minimum Gasteiger partial charge on any atom is -0.469 e. The fraction of sp³-hybridized carbons (Fsp3) is 0.333. The highest BCUT2D eigenvalue weighted by atomic mass is 79.9. The quantitative estimate of drug-likeness (QED) is 0.798. The Hall–Kier alpha value is -0.340. The summed E-state index contributed by atoms with van der Waals surface area (Å²) in [5.74, 6) is 0.845. The van der Waals surface area contributed by atoms with E-state index in [-0.39, 0.29) is 10.3 Å². The van der Waals surface area contributed by atoms with Crippen LogP contribution in [0, 0.1) is 0 Å². The first kappa shape index (κ1) is 16.0. The molecule has 0 saturated heterocycles. The van der Waals surface area contributed by atoms with Crippen LogP contribution in [0.15, 0.2) is 36.9 Å². The molecule has 1 N–H and O–H groups in total. The largest absolute Gasteiger partial charge is 0.469 e. The zero-order valence-electron chi connectivity index (χ0n) is 10.6. The molecule has 0 bridgehead atoms. The summed E-state index contributed by atoms with van der Waals surface area (Å²) in [5, 5.41) is 0.401. The van der Waals surface area contributed by atoms with Gasteiger partial charge in [-0.2, -0.15) is 0 Å². The van der Waals surface area contributed by atoms with Crippen molar-refractivity contribution in [2.24, 2.45) is 0 Å². The molecule has 1 unspecified atom stereocenters. The second-order valence-electron chi connectivity index (χ2n) is 4.33. The highest BCUT2D eigenvalue weighted by Gasteiger charge is 2.21. The van der Waals surface area contributed by atoms with Crippen LogP contribution in [-0.4, -0.2) is 14.5 Å². The Morgan fingerprint density at radius 1 is 1.55 bits per heavy atom. The van der Waals surface area contributed by atoms with Crippen LogP contribution in [0.25, 0.3) is 0 Å². The topological polar surface area (TPSA) is 59.3 Å². The van der Waals surface area contributed by atoms with Crippen LogP contribution >= 0.6 is 38.9 Å². The van der Waals surface area contributed by atoms with Gasteiger partial charge in [-0.1, -0.05) is 11.6 Å². The van der Waals surface area contributed by atoms with E-state index in [4.69, 9.17) is 16.0 Å². The maximum atomic E-state index is 12.2. The van der Waals surface area contributed by atoms with Gasteiger partial charge in [-0.25, -0.2) is 13.1 Å². The molecule has 0 aliphatic heterocycles. The molecular formula is C12H13BrClNO3S2. The fourth-order valence-electron chi connectivity index (χ4n) is 1.65. The number of rotatable bonds is 6. The molecule has 0 spiro atoms. The van der Waals surface area contributed by atoms with E-state index in [1.165, 1.54) is 6.07 Å². The number of furan rings is 1. The van der Waals surface area contributed by atoms with E-state index in [1.807, 2.05) is 19.1 Å². The van der Waals surface area contributed by atoms with Crippen molar-refractivity contribution in [1.29, 1.82) is 0 Å². The molecule has 4 nitrogen and oxygen atoms in total. The highest BCUT2D eigenvalue weighted by Crippen LogP contribution is 2.34. The van der Waals surface area contributed by atoms with Gasteiger partial charge < -0.3 is 4.42 Å². The summed E-state index contributed by atoms with van der Waals surface area (Å²) in [7, 11) is -3.53. The third-order valence-corrected chi connectivity index (χ3v) is 7.19. The Bertz CT molecular complexity index is 647. The first-order chi connectivity index (χ1) is 9.38. The number of thiophene rings is 1. The minimum atomic E-state index is -3.53. The molecular weight excluding hydrogens is 386 g/mol. The monoisotopic (exact) mass is 397 g/mol. The molecule has 0 aromatic carbocycles. The standard InChI is InChI=1S/C12H13BrClNO3S2/c1-8(4-5-9-3-2-6-18-9)15-20(16,17)11-7-10(14)12(13)19-11/h2-3,6-8,15H,4-5H2,1H3. The Kier molecular flexibility index (Phi) is 5.30. The molecule has 1 atom stereocenters. The van der Waals surface area contributed by atoms with Crippen LogP contribution < -0.4 is 4.72 Å². The van der Waals surface area contributed by atoms with E-state index in [0.29, 0.717) is 21.7 Å². The van der Waals surface area contributed by atoms with E-state index < -0.39 is 10.0 Å². The van der Waals surface area contributed by atoms with Crippen LogP contribution in [0.4, 0.5) is 0 Å². The second-order valence-corrected chi connectivity index (χ2v) is 9.05. The van der Waals surface area contributed by atoms with Crippen LogP contribution in [0.5, 0.6) is 0 Å². The molecule has 20 heavy (non-hydrogen) atoms. The average molecular weight is 399 g/mol. The SMILES string of the molecule is CC(CCc1ccco1)NS(=O)(=O)c1cc(Cl)c(Br)s1. The van der Waals surface area contributed by atoms with Crippen molar-refractivity contribution in [3.8, 4) is 0 Å². The molecule has 0 amide bonds. The first-order valence-corrected chi connectivity index (χ1v) is 9.35.